The van der Waals surface area contributed by atoms with Crippen molar-refractivity contribution in [3.05, 3.63) is 32.8 Å². The Bertz CT molecular complexity index is 1030. The van der Waals surface area contributed by atoms with Crippen LogP contribution in [0.2, 0.25) is 0 Å². The van der Waals surface area contributed by atoms with Crippen LogP contribution in [0.15, 0.2) is 18.2 Å². The van der Waals surface area contributed by atoms with Crippen molar-refractivity contribution >= 4 is 64.3 Å². The van der Waals surface area contributed by atoms with E-state index in [1.165, 1.54) is 44.9 Å². The standard InChI is InChI=1S/C23H28S3/c1-12(2)16-9-13-19(24-16)14-10-17(22(3,4)5)26-21(14)15-11-18(23(6,7)8)25-20(13)15/h9-12H,1-8H3. The smallest absolute Gasteiger partial charge is 0.0447 e. The van der Waals surface area contributed by atoms with Gasteiger partial charge in [0, 0.05) is 44.9 Å². The van der Waals surface area contributed by atoms with Crippen LogP contribution in [0.3, 0.4) is 0 Å². The van der Waals surface area contributed by atoms with Gasteiger partial charge in [-0.2, -0.15) is 0 Å². The third-order valence-electron chi connectivity index (χ3n) is 5.00. The molecular formula is C23H28S3. The van der Waals surface area contributed by atoms with Gasteiger partial charge in [0.2, 0.25) is 0 Å². The lowest BCUT2D eigenvalue weighted by Gasteiger charge is -2.15. The summed E-state index contributed by atoms with van der Waals surface area (Å²) in [7, 11) is 0. The summed E-state index contributed by atoms with van der Waals surface area (Å²) in [6.07, 6.45) is 0. The van der Waals surface area contributed by atoms with Crippen LogP contribution in [0, 0.1) is 0 Å². The molecule has 26 heavy (non-hydrogen) atoms. The van der Waals surface area contributed by atoms with Crippen molar-refractivity contribution < 1.29 is 0 Å². The summed E-state index contributed by atoms with van der Waals surface area (Å²) in [5.74, 6) is 0.584. The number of thiophene rings is 3. The second-order valence-corrected chi connectivity index (χ2v) is 12.9. The van der Waals surface area contributed by atoms with Gasteiger partial charge >= 0.3 is 0 Å². The molecule has 3 heterocycles. The van der Waals surface area contributed by atoms with Gasteiger partial charge in [-0.15, -0.1) is 34.0 Å². The minimum atomic E-state index is 0.198. The molecule has 3 heteroatoms. The van der Waals surface area contributed by atoms with E-state index in [9.17, 15) is 0 Å². The van der Waals surface area contributed by atoms with E-state index in [0.717, 1.165) is 0 Å². The Kier molecular flexibility index (Phi) is 4.12. The molecule has 138 valence electrons. The fourth-order valence-electron chi connectivity index (χ4n) is 3.32. The summed E-state index contributed by atoms with van der Waals surface area (Å²) < 4.78 is 4.47. The number of fused-ring (bicyclic) bond motifs is 6. The Morgan fingerprint density at radius 1 is 0.615 bits per heavy atom. The average Bonchev–Trinajstić information content (AvgIpc) is 3.20. The van der Waals surface area contributed by atoms with Gasteiger partial charge in [0.05, 0.1) is 0 Å². The van der Waals surface area contributed by atoms with Gasteiger partial charge in [-0.1, -0.05) is 55.4 Å². The second kappa shape index (κ2) is 5.80. The topological polar surface area (TPSA) is 0 Å². The Balaban J connectivity index is 2.19. The highest BCUT2D eigenvalue weighted by Crippen LogP contribution is 2.49. The Morgan fingerprint density at radius 2 is 1.00 bits per heavy atom. The van der Waals surface area contributed by atoms with Crippen molar-refractivity contribution in [2.75, 3.05) is 0 Å². The first-order valence-corrected chi connectivity index (χ1v) is 11.8. The zero-order valence-electron chi connectivity index (χ0n) is 17.0. The van der Waals surface area contributed by atoms with Gasteiger partial charge in [-0.3, -0.25) is 0 Å². The van der Waals surface area contributed by atoms with E-state index in [1.807, 2.05) is 34.0 Å². The molecule has 0 bridgehead atoms. The average molecular weight is 401 g/mol. The first kappa shape index (κ1) is 18.5. The molecule has 0 aliphatic rings. The second-order valence-electron chi connectivity index (χ2n) is 9.75. The molecule has 0 aliphatic carbocycles. The molecule has 0 saturated carbocycles. The first-order chi connectivity index (χ1) is 12.0. The van der Waals surface area contributed by atoms with E-state index in [-0.39, 0.29) is 10.8 Å². The number of rotatable bonds is 1. The minimum absolute atomic E-state index is 0.198. The predicted octanol–water partition coefficient (Wildman–Crippen LogP) is 9.05. The van der Waals surface area contributed by atoms with E-state index in [4.69, 9.17) is 0 Å². The van der Waals surface area contributed by atoms with Crippen LogP contribution in [0.4, 0.5) is 0 Å². The van der Waals surface area contributed by atoms with Gasteiger partial charge < -0.3 is 0 Å². The number of hydrogen-bond donors (Lipinski definition) is 0. The maximum absolute atomic E-state index is 2.47. The predicted molar refractivity (Wildman–Crippen MR) is 124 cm³/mol. The SMILES string of the molecule is CC(C)c1cc2c(s1)c1cc(C(C)(C)C)sc1c1cc(C(C)(C)C)sc21. The summed E-state index contributed by atoms with van der Waals surface area (Å²) in [5.41, 5.74) is 0.396. The largest absolute Gasteiger partial charge is 0.139 e. The maximum Gasteiger partial charge on any atom is 0.0447 e. The van der Waals surface area contributed by atoms with Crippen LogP contribution in [-0.2, 0) is 10.8 Å². The van der Waals surface area contributed by atoms with E-state index in [1.54, 1.807) is 0 Å². The Morgan fingerprint density at radius 3 is 1.38 bits per heavy atom. The van der Waals surface area contributed by atoms with Crippen molar-refractivity contribution in [3.8, 4) is 0 Å². The number of hydrogen-bond acceptors (Lipinski definition) is 3. The lowest BCUT2D eigenvalue weighted by atomic mass is 9.93. The van der Waals surface area contributed by atoms with E-state index in [0.29, 0.717) is 5.92 Å². The quantitative estimate of drug-likeness (QED) is 0.299. The Hall–Kier alpha value is -0.900. The third kappa shape index (κ3) is 2.83. The molecule has 0 atom stereocenters. The third-order valence-corrected chi connectivity index (χ3v) is 9.65. The molecule has 0 spiro atoms. The highest BCUT2D eigenvalue weighted by molar-refractivity contribution is 7.27. The normalized spacial score (nSPS) is 13.7. The summed E-state index contributed by atoms with van der Waals surface area (Å²) >= 11 is 6.01. The van der Waals surface area contributed by atoms with Crippen LogP contribution in [0.1, 0.15) is 75.9 Å². The molecule has 4 aromatic rings. The van der Waals surface area contributed by atoms with Crippen LogP contribution in [-0.4, -0.2) is 0 Å². The fraction of sp³-hybridized carbons (Fsp3) is 0.478. The highest BCUT2D eigenvalue weighted by atomic mass is 32.1. The van der Waals surface area contributed by atoms with Crippen molar-refractivity contribution in [3.63, 3.8) is 0 Å². The van der Waals surface area contributed by atoms with Crippen LogP contribution >= 0.6 is 34.0 Å². The van der Waals surface area contributed by atoms with Crippen LogP contribution < -0.4 is 0 Å². The van der Waals surface area contributed by atoms with Gasteiger partial charge in [0.25, 0.3) is 0 Å². The molecule has 0 aliphatic heterocycles. The molecule has 0 radical (unpaired) electrons. The summed E-state index contributed by atoms with van der Waals surface area (Å²) in [6, 6.07) is 7.40. The van der Waals surface area contributed by atoms with E-state index in [2.05, 4.69) is 73.6 Å². The first-order valence-electron chi connectivity index (χ1n) is 9.40. The maximum atomic E-state index is 2.47. The van der Waals surface area contributed by atoms with E-state index < -0.39 is 0 Å². The van der Waals surface area contributed by atoms with Crippen LogP contribution in [0.5, 0.6) is 0 Å². The zero-order valence-corrected chi connectivity index (χ0v) is 19.5. The number of benzene rings is 1. The Labute approximate surface area is 168 Å². The van der Waals surface area contributed by atoms with Gasteiger partial charge in [-0.05, 0) is 34.9 Å². The van der Waals surface area contributed by atoms with Crippen molar-refractivity contribution in [1.29, 1.82) is 0 Å². The van der Waals surface area contributed by atoms with E-state index >= 15 is 0 Å². The molecule has 1 aromatic carbocycles. The minimum Gasteiger partial charge on any atom is -0.139 e. The molecular weight excluding hydrogens is 372 g/mol. The molecule has 0 saturated heterocycles. The van der Waals surface area contributed by atoms with Crippen molar-refractivity contribution in [2.24, 2.45) is 0 Å². The summed E-state index contributed by atoms with van der Waals surface area (Å²) in [6.45, 7) is 18.6. The van der Waals surface area contributed by atoms with Crippen molar-refractivity contribution in [2.45, 2.75) is 72.1 Å². The molecule has 0 fully saturated rings. The molecule has 0 amide bonds. The molecule has 0 nitrogen and oxygen atoms in total. The molecule has 0 N–H and O–H groups in total. The van der Waals surface area contributed by atoms with Crippen LogP contribution in [0.25, 0.3) is 30.3 Å². The summed E-state index contributed by atoms with van der Waals surface area (Å²) in [5, 5.41) is 4.41. The summed E-state index contributed by atoms with van der Waals surface area (Å²) in [4.78, 5) is 4.48. The van der Waals surface area contributed by atoms with Gasteiger partial charge in [0.1, 0.15) is 0 Å². The zero-order chi connectivity index (χ0) is 19.0. The monoisotopic (exact) mass is 400 g/mol. The molecule has 4 rings (SSSR count). The highest BCUT2D eigenvalue weighted by Gasteiger charge is 2.24. The fourth-order valence-corrected chi connectivity index (χ4v) is 7.20. The van der Waals surface area contributed by atoms with Crippen molar-refractivity contribution in [1.82, 2.24) is 0 Å². The lowest BCUT2D eigenvalue weighted by Crippen LogP contribution is -2.07. The van der Waals surface area contributed by atoms with Gasteiger partial charge in [-0.25, -0.2) is 0 Å². The molecule has 0 unspecified atom stereocenters. The molecule has 3 aromatic heterocycles. The van der Waals surface area contributed by atoms with Gasteiger partial charge in [0.15, 0.2) is 0 Å². The lowest BCUT2D eigenvalue weighted by molar-refractivity contribution is 0.604.